The Hall–Kier alpha value is -1.34. The van der Waals surface area contributed by atoms with Gasteiger partial charge < -0.3 is 10.1 Å². The molecule has 1 fully saturated rings. The summed E-state index contributed by atoms with van der Waals surface area (Å²) >= 11 is 0. The molecule has 0 saturated carbocycles. The first-order valence-electron chi connectivity index (χ1n) is 8.42. The highest BCUT2D eigenvalue weighted by Crippen LogP contribution is 2.23. The molecule has 2 atom stereocenters. The second-order valence-corrected chi connectivity index (χ2v) is 6.36. The van der Waals surface area contributed by atoms with Gasteiger partial charge in [0.25, 0.3) is 0 Å². The van der Waals surface area contributed by atoms with Crippen molar-refractivity contribution in [3.8, 4) is 0 Å². The van der Waals surface area contributed by atoms with Gasteiger partial charge in [-0.15, -0.1) is 0 Å². The summed E-state index contributed by atoms with van der Waals surface area (Å²) in [4.78, 5) is 13.4. The molecular formula is C17H25F3N2O2. The van der Waals surface area contributed by atoms with Gasteiger partial charge in [0.15, 0.2) is 0 Å². The molecule has 2 unspecified atom stereocenters. The van der Waals surface area contributed by atoms with Gasteiger partial charge in [0.1, 0.15) is 6.04 Å². The Balaban J connectivity index is 1.88. The van der Waals surface area contributed by atoms with Crippen LogP contribution in [0.2, 0.25) is 0 Å². The molecule has 0 aromatic carbocycles. The largest absolute Gasteiger partial charge is 0.462 e. The summed E-state index contributed by atoms with van der Waals surface area (Å²) in [5, 5.41) is 2.52. The van der Waals surface area contributed by atoms with Crippen LogP contribution in [0.5, 0.6) is 0 Å². The van der Waals surface area contributed by atoms with Crippen LogP contribution in [0.4, 0.5) is 13.2 Å². The van der Waals surface area contributed by atoms with E-state index in [4.69, 9.17) is 4.74 Å². The predicted molar refractivity (Wildman–Crippen MR) is 85.5 cm³/mol. The second kappa shape index (κ2) is 8.67. The number of esters is 1. The van der Waals surface area contributed by atoms with Crippen molar-refractivity contribution in [1.29, 1.82) is 0 Å². The number of allylic oxidation sites excluding steroid dienone is 2. The smallest absolute Gasteiger partial charge is 0.405 e. The van der Waals surface area contributed by atoms with Crippen LogP contribution in [-0.4, -0.2) is 55.4 Å². The second-order valence-electron chi connectivity index (χ2n) is 6.36. The van der Waals surface area contributed by atoms with Crippen LogP contribution in [0.3, 0.4) is 0 Å². The van der Waals surface area contributed by atoms with E-state index >= 15 is 0 Å². The molecule has 2 aliphatic rings. The number of ether oxygens (including phenoxy) is 1. The van der Waals surface area contributed by atoms with E-state index < -0.39 is 12.2 Å². The number of halogens is 3. The summed E-state index contributed by atoms with van der Waals surface area (Å²) in [6.07, 6.45) is 3.90. The SMILES string of the molecule is CC1CCC=C(CCN2CCNC(C(F)(F)F)C2)C=CCC(=O)O1. The minimum absolute atomic E-state index is 0.0101. The third-order valence-electron chi connectivity index (χ3n) is 4.30. The zero-order valence-corrected chi connectivity index (χ0v) is 13.9. The van der Waals surface area contributed by atoms with Crippen LogP contribution in [0.25, 0.3) is 0 Å². The van der Waals surface area contributed by atoms with Gasteiger partial charge in [-0.1, -0.05) is 23.8 Å². The molecule has 136 valence electrons. The van der Waals surface area contributed by atoms with E-state index in [1.807, 2.05) is 17.9 Å². The lowest BCUT2D eigenvalue weighted by Gasteiger charge is -2.34. The van der Waals surface area contributed by atoms with Crippen LogP contribution in [0.1, 0.15) is 32.6 Å². The fourth-order valence-corrected chi connectivity index (χ4v) is 2.92. The topological polar surface area (TPSA) is 41.6 Å². The first-order chi connectivity index (χ1) is 11.3. The molecule has 24 heavy (non-hydrogen) atoms. The number of alkyl halides is 3. The molecule has 0 radical (unpaired) electrons. The average Bonchev–Trinajstić information content (AvgIpc) is 2.51. The number of carbonyl (C=O) groups excluding carboxylic acids is 1. The fraction of sp³-hybridized carbons (Fsp3) is 0.706. The summed E-state index contributed by atoms with van der Waals surface area (Å²) < 4.78 is 43.6. The number of cyclic esters (lactones) is 1. The first-order valence-corrected chi connectivity index (χ1v) is 8.42. The van der Waals surface area contributed by atoms with Gasteiger partial charge in [-0.3, -0.25) is 9.69 Å². The summed E-state index contributed by atoms with van der Waals surface area (Å²) in [7, 11) is 0. The van der Waals surface area contributed by atoms with Crippen molar-refractivity contribution >= 4 is 5.97 Å². The number of rotatable bonds is 3. The lowest BCUT2D eigenvalue weighted by Crippen LogP contribution is -2.57. The number of piperazine rings is 1. The number of hydrogen-bond donors (Lipinski definition) is 1. The average molecular weight is 346 g/mol. The molecule has 0 amide bonds. The molecule has 7 heteroatoms. The van der Waals surface area contributed by atoms with E-state index in [-0.39, 0.29) is 25.0 Å². The van der Waals surface area contributed by atoms with E-state index in [9.17, 15) is 18.0 Å². The summed E-state index contributed by atoms with van der Waals surface area (Å²) in [6, 6.07) is -1.45. The van der Waals surface area contributed by atoms with E-state index in [1.165, 1.54) is 0 Å². The lowest BCUT2D eigenvalue weighted by atomic mass is 10.1. The molecule has 0 aromatic heterocycles. The zero-order valence-electron chi connectivity index (χ0n) is 13.9. The van der Waals surface area contributed by atoms with Gasteiger partial charge in [-0.2, -0.15) is 13.2 Å². The summed E-state index contributed by atoms with van der Waals surface area (Å²) in [5.74, 6) is -0.241. The van der Waals surface area contributed by atoms with E-state index in [0.717, 1.165) is 18.4 Å². The Labute approximate surface area is 140 Å². The van der Waals surface area contributed by atoms with Gasteiger partial charge in [-0.05, 0) is 26.2 Å². The highest BCUT2D eigenvalue weighted by atomic mass is 19.4. The molecule has 1 N–H and O–H groups in total. The lowest BCUT2D eigenvalue weighted by molar-refractivity contribution is -0.164. The van der Waals surface area contributed by atoms with Crippen LogP contribution in [-0.2, 0) is 9.53 Å². The number of nitrogens with zero attached hydrogens (tertiary/aromatic N) is 1. The van der Waals surface area contributed by atoms with Crippen molar-refractivity contribution in [2.24, 2.45) is 0 Å². The van der Waals surface area contributed by atoms with Crippen molar-refractivity contribution in [3.05, 3.63) is 23.8 Å². The van der Waals surface area contributed by atoms with Crippen LogP contribution < -0.4 is 5.32 Å². The zero-order chi connectivity index (χ0) is 17.6. The Morgan fingerprint density at radius 2 is 2.21 bits per heavy atom. The highest BCUT2D eigenvalue weighted by Gasteiger charge is 2.41. The normalized spacial score (nSPS) is 27.5. The Morgan fingerprint density at radius 3 is 2.96 bits per heavy atom. The molecule has 2 heterocycles. The maximum absolute atomic E-state index is 12.8. The first kappa shape index (κ1) is 19.0. The van der Waals surface area contributed by atoms with Gasteiger partial charge >= 0.3 is 12.1 Å². The van der Waals surface area contributed by atoms with Crippen LogP contribution in [0.15, 0.2) is 23.8 Å². The predicted octanol–water partition coefficient (Wildman–Crippen LogP) is 2.81. The van der Waals surface area contributed by atoms with Gasteiger partial charge in [-0.25, -0.2) is 0 Å². The van der Waals surface area contributed by atoms with Gasteiger partial charge in [0.2, 0.25) is 0 Å². The monoisotopic (exact) mass is 346 g/mol. The summed E-state index contributed by atoms with van der Waals surface area (Å²) in [6.45, 7) is 3.42. The minimum Gasteiger partial charge on any atom is -0.462 e. The molecule has 2 rings (SSSR count). The summed E-state index contributed by atoms with van der Waals surface area (Å²) in [5.41, 5.74) is 1.07. The van der Waals surface area contributed by atoms with Crippen molar-refractivity contribution < 1.29 is 22.7 Å². The quantitative estimate of drug-likeness (QED) is 0.798. The standard InChI is InChI=1S/C17H25F3N2O2/c1-13-4-2-5-14(6-3-7-16(23)24-13)8-10-22-11-9-21-15(12-22)17(18,19)20/h3,5-6,13,15,21H,2,4,7-12H2,1H3. The Morgan fingerprint density at radius 1 is 1.42 bits per heavy atom. The number of hydrogen-bond acceptors (Lipinski definition) is 4. The van der Waals surface area contributed by atoms with Crippen molar-refractivity contribution in [1.82, 2.24) is 10.2 Å². The maximum Gasteiger partial charge on any atom is 0.405 e. The van der Waals surface area contributed by atoms with E-state index in [2.05, 4.69) is 11.4 Å². The molecule has 0 spiro atoms. The molecule has 0 bridgehead atoms. The maximum atomic E-state index is 12.8. The van der Waals surface area contributed by atoms with E-state index in [0.29, 0.717) is 26.1 Å². The number of carbonyl (C=O) groups is 1. The molecule has 1 saturated heterocycles. The fourth-order valence-electron chi connectivity index (χ4n) is 2.92. The minimum atomic E-state index is -4.20. The van der Waals surface area contributed by atoms with Crippen LogP contribution in [0, 0.1) is 0 Å². The molecule has 0 aromatic rings. The van der Waals surface area contributed by atoms with Gasteiger partial charge in [0, 0.05) is 26.2 Å². The molecule has 0 aliphatic carbocycles. The molecule has 4 nitrogen and oxygen atoms in total. The molecule has 2 aliphatic heterocycles. The van der Waals surface area contributed by atoms with Gasteiger partial charge in [0.05, 0.1) is 12.5 Å². The van der Waals surface area contributed by atoms with Crippen molar-refractivity contribution in [3.63, 3.8) is 0 Å². The van der Waals surface area contributed by atoms with Crippen LogP contribution >= 0.6 is 0 Å². The highest BCUT2D eigenvalue weighted by molar-refractivity contribution is 5.71. The Kier molecular flexibility index (Phi) is 6.86. The van der Waals surface area contributed by atoms with Crippen molar-refractivity contribution in [2.45, 2.75) is 50.9 Å². The molecular weight excluding hydrogens is 321 g/mol. The Bertz CT molecular complexity index is 489. The van der Waals surface area contributed by atoms with Crippen molar-refractivity contribution in [2.75, 3.05) is 26.2 Å². The number of nitrogens with one attached hydrogen (secondary N) is 1. The van der Waals surface area contributed by atoms with E-state index in [1.54, 1.807) is 6.08 Å². The third-order valence-corrected chi connectivity index (χ3v) is 4.30. The third kappa shape index (κ3) is 6.28.